The van der Waals surface area contributed by atoms with Crippen LogP contribution in [0.2, 0.25) is 0 Å². The number of hydrogen-bond donors (Lipinski definition) is 6. The van der Waals surface area contributed by atoms with Gasteiger partial charge in [-0.2, -0.15) is 0 Å². The highest BCUT2D eigenvalue weighted by molar-refractivity contribution is 5.76. The van der Waals surface area contributed by atoms with Crippen molar-refractivity contribution in [1.29, 1.82) is 0 Å². The van der Waals surface area contributed by atoms with E-state index in [4.69, 9.17) is 9.47 Å². The SMILES string of the molecule is CCC/C=C/CC/C=C/CC/C=C/C(O)C(COC1OC(CO)C(O)C(O)C1O)NC(=O)CCCCCCCCCCCCC/C=C\CCCCCCCCCC. The zero-order valence-corrected chi connectivity index (χ0v) is 36.3. The van der Waals surface area contributed by atoms with E-state index in [-0.39, 0.29) is 12.5 Å². The van der Waals surface area contributed by atoms with Crippen LogP contribution in [0.3, 0.4) is 0 Å². The van der Waals surface area contributed by atoms with Gasteiger partial charge in [-0.3, -0.25) is 4.79 Å². The second-order valence-corrected chi connectivity index (χ2v) is 16.2. The zero-order valence-electron chi connectivity index (χ0n) is 36.3. The van der Waals surface area contributed by atoms with E-state index < -0.39 is 49.5 Å². The van der Waals surface area contributed by atoms with Gasteiger partial charge >= 0.3 is 0 Å². The Balaban J connectivity index is 2.28. The Kier molecular flexibility index (Phi) is 35.8. The average Bonchev–Trinajstić information content (AvgIpc) is 3.21. The molecule has 1 aliphatic heterocycles. The van der Waals surface area contributed by atoms with Gasteiger partial charge in [-0.1, -0.05) is 172 Å². The van der Waals surface area contributed by atoms with Gasteiger partial charge in [-0.15, -0.1) is 0 Å². The van der Waals surface area contributed by atoms with Crippen LogP contribution < -0.4 is 5.32 Å². The molecule has 9 heteroatoms. The maximum atomic E-state index is 12.9. The number of hydrogen-bond acceptors (Lipinski definition) is 8. The van der Waals surface area contributed by atoms with Crippen LogP contribution in [0, 0.1) is 0 Å². The van der Waals surface area contributed by atoms with Gasteiger partial charge in [0.05, 0.1) is 25.4 Å². The molecule has 1 aliphatic rings. The molecular weight excluding hydrogens is 719 g/mol. The Morgan fingerprint density at radius 1 is 0.579 bits per heavy atom. The molecule has 0 aromatic carbocycles. The van der Waals surface area contributed by atoms with Crippen LogP contribution in [0.1, 0.15) is 194 Å². The minimum atomic E-state index is -1.57. The molecule has 9 nitrogen and oxygen atoms in total. The minimum Gasteiger partial charge on any atom is -0.394 e. The van der Waals surface area contributed by atoms with Crippen molar-refractivity contribution in [3.05, 3.63) is 48.6 Å². The van der Waals surface area contributed by atoms with E-state index in [9.17, 15) is 30.3 Å². The predicted molar refractivity (Wildman–Crippen MR) is 235 cm³/mol. The van der Waals surface area contributed by atoms with Crippen molar-refractivity contribution in [1.82, 2.24) is 5.32 Å². The molecular formula is C48H87NO8. The molecule has 1 amide bonds. The lowest BCUT2D eigenvalue weighted by Crippen LogP contribution is -2.60. The molecule has 0 aromatic rings. The molecule has 1 saturated heterocycles. The minimum absolute atomic E-state index is 0.195. The maximum absolute atomic E-state index is 12.9. The largest absolute Gasteiger partial charge is 0.394 e. The highest BCUT2D eigenvalue weighted by Crippen LogP contribution is 2.22. The van der Waals surface area contributed by atoms with E-state index >= 15 is 0 Å². The molecule has 0 aromatic heterocycles. The maximum Gasteiger partial charge on any atom is 0.220 e. The summed E-state index contributed by atoms with van der Waals surface area (Å²) in [5.74, 6) is -0.195. The predicted octanol–water partition coefficient (Wildman–Crippen LogP) is 9.84. The smallest absolute Gasteiger partial charge is 0.220 e. The van der Waals surface area contributed by atoms with Crippen molar-refractivity contribution in [3.63, 3.8) is 0 Å². The summed E-state index contributed by atoms with van der Waals surface area (Å²) in [6.45, 7) is 3.67. The second kappa shape index (κ2) is 38.4. The number of aliphatic hydroxyl groups is 5. The molecule has 1 rings (SSSR count). The number of ether oxygens (including phenoxy) is 2. The average molecular weight is 806 g/mol. The Morgan fingerprint density at radius 2 is 1.04 bits per heavy atom. The summed E-state index contributed by atoms with van der Waals surface area (Å²) in [6, 6.07) is -0.826. The summed E-state index contributed by atoms with van der Waals surface area (Å²) in [5.41, 5.74) is 0. The third-order valence-corrected chi connectivity index (χ3v) is 10.8. The topological polar surface area (TPSA) is 149 Å². The van der Waals surface area contributed by atoms with E-state index in [1.54, 1.807) is 6.08 Å². The molecule has 0 radical (unpaired) electrons. The fourth-order valence-electron chi connectivity index (χ4n) is 7.07. The van der Waals surface area contributed by atoms with Gasteiger partial charge in [0.25, 0.3) is 0 Å². The highest BCUT2D eigenvalue weighted by atomic mass is 16.7. The molecule has 6 N–H and O–H groups in total. The summed E-state index contributed by atoms with van der Waals surface area (Å²) in [6.07, 6.45) is 41.7. The molecule has 57 heavy (non-hydrogen) atoms. The van der Waals surface area contributed by atoms with Crippen LogP contribution in [0.5, 0.6) is 0 Å². The van der Waals surface area contributed by atoms with Crippen molar-refractivity contribution in [2.45, 2.75) is 236 Å². The normalized spacial score (nSPS) is 21.4. The quantitative estimate of drug-likeness (QED) is 0.0267. The van der Waals surface area contributed by atoms with E-state index in [0.717, 1.165) is 57.8 Å². The number of amides is 1. The van der Waals surface area contributed by atoms with Crippen molar-refractivity contribution < 1.29 is 39.8 Å². The van der Waals surface area contributed by atoms with Gasteiger partial charge < -0.3 is 40.3 Å². The number of carbonyl (C=O) groups is 1. The van der Waals surface area contributed by atoms with Crippen LogP contribution in [-0.4, -0.2) is 87.5 Å². The zero-order chi connectivity index (χ0) is 41.6. The highest BCUT2D eigenvalue weighted by Gasteiger charge is 2.44. The van der Waals surface area contributed by atoms with E-state index in [1.807, 2.05) is 6.08 Å². The first kappa shape index (κ1) is 53.2. The fraction of sp³-hybridized carbons (Fsp3) is 0.812. The van der Waals surface area contributed by atoms with Gasteiger partial charge in [-0.05, 0) is 64.2 Å². The van der Waals surface area contributed by atoms with Crippen LogP contribution in [-0.2, 0) is 14.3 Å². The van der Waals surface area contributed by atoms with Crippen LogP contribution in [0.25, 0.3) is 0 Å². The first-order valence-corrected chi connectivity index (χ1v) is 23.4. The van der Waals surface area contributed by atoms with E-state index in [1.165, 1.54) is 116 Å². The monoisotopic (exact) mass is 806 g/mol. The molecule has 7 unspecified atom stereocenters. The first-order valence-electron chi connectivity index (χ1n) is 23.4. The number of allylic oxidation sites excluding steroid dienone is 7. The third-order valence-electron chi connectivity index (χ3n) is 10.8. The summed E-state index contributed by atoms with van der Waals surface area (Å²) in [4.78, 5) is 12.9. The molecule has 1 fully saturated rings. The summed E-state index contributed by atoms with van der Waals surface area (Å²) in [7, 11) is 0. The van der Waals surface area contributed by atoms with Crippen LogP contribution in [0.4, 0.5) is 0 Å². The van der Waals surface area contributed by atoms with Crippen molar-refractivity contribution in [2.24, 2.45) is 0 Å². The van der Waals surface area contributed by atoms with Gasteiger partial charge in [-0.25, -0.2) is 0 Å². The first-order chi connectivity index (χ1) is 27.8. The second-order valence-electron chi connectivity index (χ2n) is 16.2. The molecule has 0 aliphatic carbocycles. The summed E-state index contributed by atoms with van der Waals surface area (Å²) < 4.78 is 11.2. The van der Waals surface area contributed by atoms with Crippen LogP contribution in [0.15, 0.2) is 48.6 Å². The van der Waals surface area contributed by atoms with Crippen molar-refractivity contribution in [2.75, 3.05) is 13.2 Å². The summed E-state index contributed by atoms with van der Waals surface area (Å²) in [5, 5.41) is 54.0. The van der Waals surface area contributed by atoms with Crippen molar-refractivity contribution in [3.8, 4) is 0 Å². The lowest BCUT2D eigenvalue weighted by atomic mass is 9.99. The molecule has 7 atom stereocenters. The molecule has 0 bridgehead atoms. The molecule has 0 saturated carbocycles. The van der Waals surface area contributed by atoms with Gasteiger partial charge in [0, 0.05) is 6.42 Å². The van der Waals surface area contributed by atoms with E-state index in [2.05, 4.69) is 55.6 Å². The molecule has 332 valence electrons. The Bertz CT molecular complexity index is 1030. The summed E-state index contributed by atoms with van der Waals surface area (Å²) >= 11 is 0. The van der Waals surface area contributed by atoms with Crippen LogP contribution >= 0.6 is 0 Å². The third kappa shape index (κ3) is 29.1. The standard InChI is InChI=1S/C48H87NO8/c1-3-5-7-9-11-13-15-16-17-18-19-20-21-22-23-24-25-26-28-30-32-34-36-38-44(52)49-41(40-56-48-47(55)46(54)45(53)43(39-50)57-48)42(51)37-35-33-31-29-27-14-12-10-8-6-4-2/h8,10,18-19,27,29,35,37,41-43,45-48,50-51,53-55H,3-7,9,11-17,20-26,28,30-34,36,38-40H2,1-2H3,(H,49,52)/b10-8+,19-18-,29-27+,37-35+. The van der Waals surface area contributed by atoms with Gasteiger partial charge in [0.1, 0.15) is 24.4 Å². The molecule has 1 heterocycles. The molecule has 0 spiro atoms. The Hall–Kier alpha value is -1.85. The lowest BCUT2D eigenvalue weighted by Gasteiger charge is -2.40. The van der Waals surface area contributed by atoms with E-state index in [0.29, 0.717) is 6.42 Å². The number of carbonyl (C=O) groups excluding carboxylic acids is 1. The fourth-order valence-corrected chi connectivity index (χ4v) is 7.07. The number of nitrogens with one attached hydrogen (secondary N) is 1. The van der Waals surface area contributed by atoms with Crippen molar-refractivity contribution >= 4 is 5.91 Å². The Labute approximate surface area is 348 Å². The number of unbranched alkanes of at least 4 members (excludes halogenated alkanes) is 22. The Morgan fingerprint density at radius 3 is 1.54 bits per heavy atom. The number of aliphatic hydroxyl groups excluding tert-OH is 5. The van der Waals surface area contributed by atoms with Gasteiger partial charge in [0.15, 0.2) is 6.29 Å². The lowest BCUT2D eigenvalue weighted by molar-refractivity contribution is -0.302. The number of rotatable bonds is 38. The van der Waals surface area contributed by atoms with Gasteiger partial charge in [0.2, 0.25) is 5.91 Å².